The second-order valence-electron chi connectivity index (χ2n) is 13.0. The third-order valence-corrected chi connectivity index (χ3v) is 11.3. The summed E-state index contributed by atoms with van der Waals surface area (Å²) in [5, 5.41) is 0. The van der Waals surface area contributed by atoms with Gasteiger partial charge in [-0.15, -0.1) is 0 Å². The number of fused-ring (bicyclic) bond motifs is 1. The Labute approximate surface area is 215 Å². The molecule has 5 heterocycles. The van der Waals surface area contributed by atoms with Gasteiger partial charge in [0.05, 0.1) is 30.7 Å². The minimum Gasteiger partial charge on any atom is -0.472 e. The first-order valence-electron chi connectivity index (χ1n) is 13.3. The van der Waals surface area contributed by atoms with Gasteiger partial charge in [-0.2, -0.15) is 0 Å². The van der Waals surface area contributed by atoms with Gasteiger partial charge in [0.1, 0.15) is 24.4 Å². The van der Waals surface area contributed by atoms with Gasteiger partial charge >= 0.3 is 17.9 Å². The molecule has 6 aliphatic rings. The van der Waals surface area contributed by atoms with E-state index in [1.165, 1.54) is 6.92 Å². The van der Waals surface area contributed by atoms with Crippen LogP contribution in [0.1, 0.15) is 72.0 Å². The molecule has 0 N–H and O–H groups in total. The molecule has 0 radical (unpaired) electrons. The smallest absolute Gasteiger partial charge is 0.339 e. The lowest BCUT2D eigenvalue weighted by Crippen LogP contribution is -2.74. The first kappa shape index (κ1) is 23.7. The molecule has 4 aliphatic heterocycles. The Bertz CT molecular complexity index is 1190. The van der Waals surface area contributed by atoms with E-state index in [0.717, 1.165) is 18.4 Å². The van der Waals surface area contributed by atoms with Crippen molar-refractivity contribution >= 4 is 17.9 Å². The molecule has 0 unspecified atom stereocenters. The maximum absolute atomic E-state index is 13.4. The third-order valence-electron chi connectivity index (χ3n) is 11.3. The van der Waals surface area contributed by atoms with Crippen molar-refractivity contribution in [2.45, 2.75) is 95.9 Å². The summed E-state index contributed by atoms with van der Waals surface area (Å²) in [6.45, 7) is 10.1. The topological polar surface area (TPSA) is 114 Å². The van der Waals surface area contributed by atoms with Gasteiger partial charge in [-0.25, -0.2) is 4.79 Å². The van der Waals surface area contributed by atoms with E-state index < -0.39 is 51.7 Å². The quantitative estimate of drug-likeness (QED) is 0.332. The zero-order valence-corrected chi connectivity index (χ0v) is 21.9. The molecule has 7 rings (SSSR count). The van der Waals surface area contributed by atoms with Crippen LogP contribution >= 0.6 is 0 Å². The van der Waals surface area contributed by atoms with Gasteiger partial charge < -0.3 is 28.1 Å². The van der Waals surface area contributed by atoms with E-state index in [2.05, 4.69) is 27.7 Å². The van der Waals surface area contributed by atoms with Crippen LogP contribution in [0.25, 0.3) is 0 Å². The molecule has 2 spiro atoms. The average Bonchev–Trinajstić information content (AvgIpc) is 3.30. The van der Waals surface area contributed by atoms with E-state index in [9.17, 15) is 14.4 Å². The fraction of sp³-hybridized carbons (Fsp3) is 0.750. The molecule has 4 saturated heterocycles. The van der Waals surface area contributed by atoms with Crippen molar-refractivity contribution in [2.75, 3.05) is 6.61 Å². The second-order valence-corrected chi connectivity index (χ2v) is 13.0. The third kappa shape index (κ3) is 2.56. The SMILES string of the molecule is CC(=O)O[C@H]1C[C@H]2C(C)(C)O[C@H]3CC(=O)OC[C@]32[C@H]2CC[C@@]3(C)[C@H](c4ccoc4)OC(=O)[C@H]4O[C@]43[C@@]12C. The van der Waals surface area contributed by atoms with Crippen molar-refractivity contribution in [3.8, 4) is 0 Å². The van der Waals surface area contributed by atoms with E-state index in [1.54, 1.807) is 12.5 Å². The average molecular weight is 515 g/mol. The van der Waals surface area contributed by atoms with E-state index in [0.29, 0.717) is 6.42 Å². The molecule has 9 nitrogen and oxygen atoms in total. The monoisotopic (exact) mass is 514 g/mol. The lowest BCUT2D eigenvalue weighted by atomic mass is 9.36. The summed E-state index contributed by atoms with van der Waals surface area (Å²) in [6, 6.07) is 1.83. The van der Waals surface area contributed by atoms with Crippen LogP contribution in [0.4, 0.5) is 0 Å². The maximum Gasteiger partial charge on any atom is 0.339 e. The highest BCUT2D eigenvalue weighted by Gasteiger charge is 2.90. The summed E-state index contributed by atoms with van der Waals surface area (Å²) in [4.78, 5) is 38.3. The summed E-state index contributed by atoms with van der Waals surface area (Å²) >= 11 is 0. The molecule has 0 bridgehead atoms. The van der Waals surface area contributed by atoms with Crippen molar-refractivity contribution in [2.24, 2.45) is 28.1 Å². The number of epoxide rings is 1. The number of ether oxygens (including phenoxy) is 5. The minimum absolute atomic E-state index is 0.00121. The molecular formula is C28H34O9. The van der Waals surface area contributed by atoms with Crippen LogP contribution in [0.15, 0.2) is 23.0 Å². The predicted octanol–water partition coefficient (Wildman–Crippen LogP) is 3.50. The first-order chi connectivity index (χ1) is 17.4. The van der Waals surface area contributed by atoms with Crippen molar-refractivity contribution in [3.63, 3.8) is 0 Å². The zero-order valence-electron chi connectivity index (χ0n) is 21.9. The van der Waals surface area contributed by atoms with Crippen LogP contribution in [-0.4, -0.2) is 54.0 Å². The van der Waals surface area contributed by atoms with E-state index in [4.69, 9.17) is 28.1 Å². The summed E-state index contributed by atoms with van der Waals surface area (Å²) < 4.78 is 36.5. The highest BCUT2D eigenvalue weighted by atomic mass is 16.7. The number of esters is 3. The number of furan rings is 1. The number of hydrogen-bond acceptors (Lipinski definition) is 9. The van der Waals surface area contributed by atoms with Crippen LogP contribution in [0, 0.1) is 28.1 Å². The Morgan fingerprint density at radius 3 is 2.57 bits per heavy atom. The molecule has 200 valence electrons. The molecule has 0 amide bonds. The van der Waals surface area contributed by atoms with Gasteiger partial charge in [0.2, 0.25) is 0 Å². The fourth-order valence-electron chi connectivity index (χ4n) is 9.97. The van der Waals surface area contributed by atoms with Gasteiger partial charge in [0.15, 0.2) is 6.10 Å². The van der Waals surface area contributed by atoms with Crippen molar-refractivity contribution < 1.29 is 42.5 Å². The number of hydrogen-bond donors (Lipinski definition) is 0. The van der Waals surface area contributed by atoms with E-state index >= 15 is 0 Å². The lowest BCUT2D eigenvalue weighted by molar-refractivity contribution is -0.265. The van der Waals surface area contributed by atoms with Gasteiger partial charge in [0.25, 0.3) is 0 Å². The zero-order chi connectivity index (χ0) is 26.2. The van der Waals surface area contributed by atoms with Crippen LogP contribution in [0.2, 0.25) is 0 Å². The molecule has 2 aliphatic carbocycles. The molecular weight excluding hydrogens is 480 g/mol. The summed E-state index contributed by atoms with van der Waals surface area (Å²) in [7, 11) is 0. The Balaban J connectivity index is 1.43. The number of cyclic esters (lactones) is 2. The predicted molar refractivity (Wildman–Crippen MR) is 125 cm³/mol. The maximum atomic E-state index is 13.4. The van der Waals surface area contributed by atoms with Gasteiger partial charge in [0, 0.05) is 34.7 Å². The molecule has 1 aromatic heterocycles. The van der Waals surface area contributed by atoms with Crippen molar-refractivity contribution in [1.82, 2.24) is 0 Å². The Morgan fingerprint density at radius 2 is 1.86 bits per heavy atom. The number of carbonyl (C=O) groups excluding carboxylic acids is 3. The largest absolute Gasteiger partial charge is 0.472 e. The second kappa shape index (κ2) is 6.97. The summed E-state index contributed by atoms with van der Waals surface area (Å²) in [6.07, 6.45) is 3.28. The van der Waals surface area contributed by atoms with Crippen LogP contribution in [-0.2, 0) is 38.1 Å². The fourth-order valence-corrected chi connectivity index (χ4v) is 9.97. The normalized spacial score (nSPS) is 50.8. The van der Waals surface area contributed by atoms with E-state index in [1.807, 2.05) is 6.07 Å². The van der Waals surface area contributed by atoms with Gasteiger partial charge in [-0.1, -0.05) is 13.8 Å². The molecule has 37 heavy (non-hydrogen) atoms. The number of rotatable bonds is 2. The highest BCUT2D eigenvalue weighted by Crippen LogP contribution is 2.80. The first-order valence-corrected chi connectivity index (χ1v) is 13.3. The van der Waals surface area contributed by atoms with Crippen LogP contribution in [0.5, 0.6) is 0 Å². The van der Waals surface area contributed by atoms with Crippen LogP contribution in [0.3, 0.4) is 0 Å². The summed E-state index contributed by atoms with van der Waals surface area (Å²) in [5.74, 6) is -1.09. The van der Waals surface area contributed by atoms with Gasteiger partial charge in [-0.3, -0.25) is 9.59 Å². The van der Waals surface area contributed by atoms with Gasteiger partial charge in [-0.05, 0) is 45.1 Å². The lowest BCUT2D eigenvalue weighted by Gasteiger charge is -2.67. The van der Waals surface area contributed by atoms with Crippen molar-refractivity contribution in [1.29, 1.82) is 0 Å². The molecule has 0 aromatic carbocycles. The molecule has 1 aromatic rings. The summed E-state index contributed by atoms with van der Waals surface area (Å²) in [5.41, 5.74) is -2.47. The standard InChI is InChI=1S/C28H34O9/c1-14(29)34-18-10-17-24(2,3)36-19-11-20(30)33-13-27(17,19)16-6-8-25(4)21(15-7-9-32-12-15)35-23(31)22-28(25,37-22)26(16,18)5/h7,9,12,16-19,21-22H,6,8,10-11,13H2,1-5H3/t16-,17-,18-,19-,21-,22+,25-,26+,27+,28+/m0/s1. The molecule has 10 atom stereocenters. The Morgan fingerprint density at radius 1 is 1.08 bits per heavy atom. The Hall–Kier alpha value is -2.39. The molecule has 9 heteroatoms. The van der Waals surface area contributed by atoms with E-state index in [-0.39, 0.29) is 42.9 Å². The van der Waals surface area contributed by atoms with Crippen molar-refractivity contribution in [3.05, 3.63) is 24.2 Å². The minimum atomic E-state index is -0.918. The molecule has 6 fully saturated rings. The number of carbonyl (C=O) groups is 3. The molecule has 2 saturated carbocycles. The van der Waals surface area contributed by atoms with Crippen LogP contribution < -0.4 is 0 Å². The highest BCUT2D eigenvalue weighted by molar-refractivity contribution is 5.82. The Kier molecular flexibility index (Phi) is 4.47.